The van der Waals surface area contributed by atoms with Crippen LogP contribution in [0.15, 0.2) is 0 Å². The molecule has 0 spiro atoms. The summed E-state index contributed by atoms with van der Waals surface area (Å²) in [7, 11) is 0. The second kappa shape index (κ2) is 8.68. The van der Waals surface area contributed by atoms with Gasteiger partial charge in [-0.25, -0.2) is 0 Å². The molecule has 1 saturated heterocycles. The number of hydrogen-bond acceptors (Lipinski definition) is 4. The maximum atomic E-state index is 11.2. The van der Waals surface area contributed by atoms with Gasteiger partial charge in [-0.1, -0.05) is 39.0 Å². The Morgan fingerprint density at radius 1 is 1.25 bits per heavy atom. The zero-order valence-electron chi connectivity index (χ0n) is 12.0. The molecular formula is C14H24N2O4. The highest BCUT2D eigenvalue weighted by atomic mass is 16.4. The Kier molecular flexibility index (Phi) is 7.22. The summed E-state index contributed by atoms with van der Waals surface area (Å²) in [6, 6.07) is -1.05. The van der Waals surface area contributed by atoms with Gasteiger partial charge in [0.05, 0.1) is 0 Å². The molecule has 6 nitrogen and oxygen atoms in total. The molecule has 1 fully saturated rings. The topological polar surface area (TPSA) is 95.5 Å². The van der Waals surface area contributed by atoms with Crippen molar-refractivity contribution in [1.29, 1.82) is 0 Å². The quantitative estimate of drug-likeness (QED) is 0.437. The van der Waals surface area contributed by atoms with Crippen molar-refractivity contribution in [2.24, 2.45) is 0 Å². The Balaban J connectivity index is 2.36. The van der Waals surface area contributed by atoms with E-state index in [4.69, 9.17) is 0 Å². The number of unbranched alkanes of at least 4 members (excludes halogenated alkanes) is 4. The number of carbonyl (C=O) groups is 3. The maximum Gasteiger partial charge on any atom is 0.320 e. The van der Waals surface area contributed by atoms with Crippen LogP contribution in [-0.2, 0) is 14.4 Å². The molecule has 1 atom stereocenters. The monoisotopic (exact) mass is 284 g/mol. The van der Waals surface area contributed by atoms with E-state index >= 15 is 0 Å². The third-order valence-electron chi connectivity index (χ3n) is 3.47. The van der Waals surface area contributed by atoms with Gasteiger partial charge >= 0.3 is 5.97 Å². The molecule has 0 aromatic carbocycles. The lowest BCUT2D eigenvalue weighted by Gasteiger charge is -2.25. The van der Waals surface area contributed by atoms with Crippen molar-refractivity contribution in [2.45, 2.75) is 70.4 Å². The van der Waals surface area contributed by atoms with E-state index in [0.29, 0.717) is 6.42 Å². The van der Waals surface area contributed by atoms with Crippen molar-refractivity contribution in [3.63, 3.8) is 0 Å². The lowest BCUT2D eigenvalue weighted by Crippen LogP contribution is -2.51. The van der Waals surface area contributed by atoms with Gasteiger partial charge in [0, 0.05) is 18.9 Å². The van der Waals surface area contributed by atoms with Gasteiger partial charge in [0.25, 0.3) is 0 Å². The van der Waals surface area contributed by atoms with E-state index in [1.54, 1.807) is 0 Å². The van der Waals surface area contributed by atoms with E-state index in [9.17, 15) is 19.5 Å². The summed E-state index contributed by atoms with van der Waals surface area (Å²) < 4.78 is 0. The number of aliphatic carboxylic acids is 1. The lowest BCUT2D eigenvalue weighted by molar-refractivity contribution is -0.141. The van der Waals surface area contributed by atoms with Crippen LogP contribution in [0, 0.1) is 0 Å². The molecule has 1 rings (SSSR count). The fraction of sp³-hybridized carbons (Fsp3) is 0.786. The minimum atomic E-state index is -0.918. The predicted octanol–water partition coefficient (Wildman–Crippen LogP) is 1.19. The highest BCUT2D eigenvalue weighted by Gasteiger charge is 2.28. The average Bonchev–Trinajstić information content (AvgIpc) is 2.35. The zero-order valence-corrected chi connectivity index (χ0v) is 12.0. The van der Waals surface area contributed by atoms with Gasteiger partial charge in [-0.2, -0.15) is 0 Å². The summed E-state index contributed by atoms with van der Waals surface area (Å²) in [6.45, 7) is 2.13. The fourth-order valence-electron chi connectivity index (χ4n) is 2.41. The third-order valence-corrected chi connectivity index (χ3v) is 3.47. The maximum absolute atomic E-state index is 11.2. The van der Waals surface area contributed by atoms with Crippen LogP contribution in [0.1, 0.15) is 58.3 Å². The SMILES string of the molecule is CCCCCCCC(NC1CC(=O)NC(=O)C1)C(=O)O. The minimum Gasteiger partial charge on any atom is -0.480 e. The number of rotatable bonds is 9. The Labute approximate surface area is 119 Å². The van der Waals surface area contributed by atoms with E-state index in [2.05, 4.69) is 17.6 Å². The Morgan fingerprint density at radius 2 is 1.85 bits per heavy atom. The van der Waals surface area contributed by atoms with Gasteiger partial charge in [-0.15, -0.1) is 0 Å². The first-order valence-electron chi connectivity index (χ1n) is 7.34. The summed E-state index contributed by atoms with van der Waals surface area (Å²) in [6.07, 6.45) is 6.15. The number of imide groups is 1. The standard InChI is InChI=1S/C14H24N2O4/c1-2-3-4-5-6-7-11(14(19)20)15-10-8-12(17)16-13(18)9-10/h10-11,15H,2-9H2,1H3,(H,19,20)(H,16,17,18). The molecule has 114 valence electrons. The van der Waals surface area contributed by atoms with Crippen LogP contribution < -0.4 is 10.6 Å². The number of nitrogens with one attached hydrogen (secondary N) is 2. The molecule has 0 radical (unpaired) electrons. The van der Waals surface area contributed by atoms with Gasteiger partial charge in [0.15, 0.2) is 0 Å². The van der Waals surface area contributed by atoms with Gasteiger partial charge in [-0.3, -0.25) is 19.7 Å². The van der Waals surface area contributed by atoms with Crippen LogP contribution in [0.2, 0.25) is 0 Å². The summed E-state index contributed by atoms with van der Waals surface area (Å²) >= 11 is 0. The van der Waals surface area contributed by atoms with E-state index in [1.165, 1.54) is 6.42 Å². The van der Waals surface area contributed by atoms with Crippen molar-refractivity contribution < 1.29 is 19.5 Å². The molecule has 0 bridgehead atoms. The molecule has 6 heteroatoms. The van der Waals surface area contributed by atoms with Gasteiger partial charge < -0.3 is 10.4 Å². The largest absolute Gasteiger partial charge is 0.480 e. The van der Waals surface area contributed by atoms with Crippen molar-refractivity contribution in [3.05, 3.63) is 0 Å². The molecule has 0 aliphatic carbocycles. The molecule has 20 heavy (non-hydrogen) atoms. The van der Waals surface area contributed by atoms with E-state index in [1.807, 2.05) is 0 Å². The first-order valence-corrected chi connectivity index (χ1v) is 7.34. The van der Waals surface area contributed by atoms with Gasteiger partial charge in [0.1, 0.15) is 6.04 Å². The van der Waals surface area contributed by atoms with Crippen LogP contribution in [0.5, 0.6) is 0 Å². The van der Waals surface area contributed by atoms with Crippen LogP contribution in [0.4, 0.5) is 0 Å². The van der Waals surface area contributed by atoms with Crippen LogP contribution in [0.3, 0.4) is 0 Å². The predicted molar refractivity (Wildman–Crippen MR) is 74.1 cm³/mol. The summed E-state index contributed by atoms with van der Waals surface area (Å²) in [5.41, 5.74) is 0. The van der Waals surface area contributed by atoms with E-state index in [-0.39, 0.29) is 30.7 Å². The molecule has 1 aliphatic heterocycles. The van der Waals surface area contributed by atoms with Crippen molar-refractivity contribution >= 4 is 17.8 Å². The number of carboxylic acids is 1. The number of hydrogen-bond donors (Lipinski definition) is 3. The fourth-order valence-corrected chi connectivity index (χ4v) is 2.41. The molecule has 0 aromatic heterocycles. The molecule has 1 unspecified atom stereocenters. The summed E-state index contributed by atoms with van der Waals surface area (Å²) in [5.74, 6) is -1.60. The normalized spacial score (nSPS) is 17.9. The number of carbonyl (C=O) groups excluding carboxylic acids is 2. The molecule has 2 amide bonds. The van der Waals surface area contributed by atoms with Gasteiger partial charge in [0.2, 0.25) is 11.8 Å². The molecular weight excluding hydrogens is 260 g/mol. The number of amides is 2. The first kappa shape index (κ1) is 16.6. The number of carboxylic acid groups (broad SMARTS) is 1. The third kappa shape index (κ3) is 6.14. The second-order valence-corrected chi connectivity index (χ2v) is 5.34. The van der Waals surface area contributed by atoms with Crippen molar-refractivity contribution in [1.82, 2.24) is 10.6 Å². The van der Waals surface area contributed by atoms with Crippen molar-refractivity contribution in [3.8, 4) is 0 Å². The number of piperidine rings is 1. The van der Waals surface area contributed by atoms with Crippen molar-refractivity contribution in [2.75, 3.05) is 0 Å². The van der Waals surface area contributed by atoms with Crippen LogP contribution in [0.25, 0.3) is 0 Å². The van der Waals surface area contributed by atoms with E-state index < -0.39 is 12.0 Å². The second-order valence-electron chi connectivity index (χ2n) is 5.34. The average molecular weight is 284 g/mol. The van der Waals surface area contributed by atoms with E-state index in [0.717, 1.165) is 25.7 Å². The molecule has 3 N–H and O–H groups in total. The molecule has 1 heterocycles. The van der Waals surface area contributed by atoms with Gasteiger partial charge in [-0.05, 0) is 6.42 Å². The zero-order chi connectivity index (χ0) is 15.0. The molecule has 0 saturated carbocycles. The van der Waals surface area contributed by atoms with Crippen LogP contribution in [-0.4, -0.2) is 35.0 Å². The molecule has 1 aliphatic rings. The van der Waals surface area contributed by atoms with Crippen LogP contribution >= 0.6 is 0 Å². The Bertz CT molecular complexity index is 341. The first-order chi connectivity index (χ1) is 9.52. The smallest absolute Gasteiger partial charge is 0.320 e. The highest BCUT2D eigenvalue weighted by Crippen LogP contribution is 2.11. The Morgan fingerprint density at radius 3 is 2.40 bits per heavy atom. The lowest BCUT2D eigenvalue weighted by atomic mass is 10.0. The highest BCUT2D eigenvalue weighted by molar-refractivity contribution is 5.98. The summed E-state index contributed by atoms with van der Waals surface area (Å²) in [4.78, 5) is 33.7. The summed E-state index contributed by atoms with van der Waals surface area (Å²) in [5, 5.41) is 14.3. The molecule has 0 aromatic rings. The minimum absolute atomic E-state index is 0.158. The Hall–Kier alpha value is -1.43.